The SMILES string of the molecule is Nc1c(C(=O)NC2CCC(=O)NC2=O)sc2nnccc12. The molecule has 0 saturated carbocycles. The Labute approximate surface area is 122 Å². The largest absolute Gasteiger partial charge is 0.397 e. The number of anilines is 1. The minimum Gasteiger partial charge on any atom is -0.397 e. The number of rotatable bonds is 2. The Hall–Kier alpha value is -2.55. The Kier molecular flexibility index (Phi) is 3.26. The number of fused-ring (bicyclic) bond motifs is 1. The van der Waals surface area contributed by atoms with Gasteiger partial charge in [0.05, 0.1) is 11.9 Å². The highest BCUT2D eigenvalue weighted by Crippen LogP contribution is 2.31. The molecule has 4 N–H and O–H groups in total. The first-order valence-corrected chi connectivity index (χ1v) is 7.02. The molecule has 1 unspecified atom stereocenters. The lowest BCUT2D eigenvalue weighted by molar-refractivity contribution is -0.134. The van der Waals surface area contributed by atoms with Crippen molar-refractivity contribution < 1.29 is 14.4 Å². The minimum absolute atomic E-state index is 0.198. The number of hydrogen-bond acceptors (Lipinski definition) is 7. The second-order valence-corrected chi connectivity index (χ2v) is 5.57. The fourth-order valence-electron chi connectivity index (χ4n) is 2.10. The van der Waals surface area contributed by atoms with Crippen molar-refractivity contribution in [1.82, 2.24) is 20.8 Å². The molecule has 9 heteroatoms. The van der Waals surface area contributed by atoms with Crippen LogP contribution in [0.25, 0.3) is 10.2 Å². The van der Waals surface area contributed by atoms with Gasteiger partial charge < -0.3 is 11.1 Å². The van der Waals surface area contributed by atoms with Gasteiger partial charge in [-0.1, -0.05) is 0 Å². The van der Waals surface area contributed by atoms with Crippen LogP contribution in [-0.2, 0) is 9.59 Å². The Morgan fingerprint density at radius 1 is 1.48 bits per heavy atom. The van der Waals surface area contributed by atoms with Crippen LogP contribution in [0.5, 0.6) is 0 Å². The van der Waals surface area contributed by atoms with Crippen LogP contribution in [0.4, 0.5) is 5.69 Å². The second kappa shape index (κ2) is 5.09. The summed E-state index contributed by atoms with van der Waals surface area (Å²) in [5.41, 5.74) is 6.24. The molecule has 1 aliphatic rings. The average molecular weight is 305 g/mol. The zero-order chi connectivity index (χ0) is 15.0. The predicted octanol–water partition coefficient (Wildman–Crippen LogP) is -0.192. The van der Waals surface area contributed by atoms with Crippen LogP contribution in [0.2, 0.25) is 0 Å². The molecule has 1 fully saturated rings. The van der Waals surface area contributed by atoms with Gasteiger partial charge in [-0.25, -0.2) is 0 Å². The summed E-state index contributed by atoms with van der Waals surface area (Å²) in [5.74, 6) is -1.29. The maximum atomic E-state index is 12.2. The van der Waals surface area contributed by atoms with E-state index in [1.54, 1.807) is 6.07 Å². The van der Waals surface area contributed by atoms with E-state index in [2.05, 4.69) is 20.8 Å². The first kappa shape index (κ1) is 13.4. The summed E-state index contributed by atoms with van der Waals surface area (Å²) in [6.07, 6.45) is 1.97. The predicted molar refractivity (Wildman–Crippen MR) is 75.5 cm³/mol. The number of thiophene rings is 1. The first-order valence-electron chi connectivity index (χ1n) is 6.20. The third kappa shape index (κ3) is 2.42. The zero-order valence-corrected chi connectivity index (χ0v) is 11.6. The smallest absolute Gasteiger partial charge is 0.264 e. The third-order valence-corrected chi connectivity index (χ3v) is 4.28. The van der Waals surface area contributed by atoms with Crippen molar-refractivity contribution in [3.05, 3.63) is 17.1 Å². The van der Waals surface area contributed by atoms with E-state index in [4.69, 9.17) is 5.73 Å². The molecule has 1 atom stereocenters. The summed E-state index contributed by atoms with van der Waals surface area (Å²) in [6.45, 7) is 0. The third-order valence-electron chi connectivity index (χ3n) is 3.17. The average Bonchev–Trinajstić information content (AvgIpc) is 2.80. The standard InChI is InChI=1S/C12H11N5O3S/c13-8-5-3-4-14-17-12(5)21-9(8)11(20)15-6-1-2-7(18)16-10(6)19/h3-4,6H,1-2,13H2,(H,15,20)(H,16,18,19). The Morgan fingerprint density at radius 3 is 3.00 bits per heavy atom. The number of nitrogens with one attached hydrogen (secondary N) is 2. The van der Waals surface area contributed by atoms with E-state index < -0.39 is 17.9 Å². The highest BCUT2D eigenvalue weighted by atomic mass is 32.1. The van der Waals surface area contributed by atoms with Crippen molar-refractivity contribution in [2.45, 2.75) is 18.9 Å². The fourth-order valence-corrected chi connectivity index (χ4v) is 3.04. The maximum Gasteiger partial charge on any atom is 0.264 e. The monoisotopic (exact) mass is 305 g/mol. The number of aromatic nitrogens is 2. The van der Waals surface area contributed by atoms with E-state index in [0.717, 1.165) is 11.3 Å². The highest BCUT2D eigenvalue weighted by molar-refractivity contribution is 7.21. The molecule has 0 bridgehead atoms. The lowest BCUT2D eigenvalue weighted by Crippen LogP contribution is -2.52. The number of imide groups is 1. The van der Waals surface area contributed by atoms with Gasteiger partial charge in [0.1, 0.15) is 15.7 Å². The van der Waals surface area contributed by atoms with Gasteiger partial charge in [0.25, 0.3) is 5.91 Å². The van der Waals surface area contributed by atoms with Crippen LogP contribution in [0, 0.1) is 0 Å². The van der Waals surface area contributed by atoms with E-state index in [1.807, 2.05) is 0 Å². The number of amides is 3. The lowest BCUT2D eigenvalue weighted by atomic mass is 10.1. The quantitative estimate of drug-likeness (QED) is 0.660. The van der Waals surface area contributed by atoms with Gasteiger partial charge in [-0.05, 0) is 12.5 Å². The molecule has 108 valence electrons. The Balaban J connectivity index is 1.82. The number of piperidine rings is 1. The molecule has 3 rings (SSSR count). The minimum atomic E-state index is -0.731. The summed E-state index contributed by atoms with van der Waals surface area (Å²) in [6, 6.07) is 0.947. The first-order chi connectivity index (χ1) is 10.1. The molecule has 3 heterocycles. The van der Waals surface area contributed by atoms with E-state index in [1.165, 1.54) is 6.20 Å². The molecule has 0 radical (unpaired) electrons. The van der Waals surface area contributed by atoms with Crippen molar-refractivity contribution in [2.24, 2.45) is 0 Å². The Morgan fingerprint density at radius 2 is 2.29 bits per heavy atom. The van der Waals surface area contributed by atoms with Gasteiger partial charge >= 0.3 is 0 Å². The molecule has 21 heavy (non-hydrogen) atoms. The number of carbonyl (C=O) groups excluding carboxylic acids is 3. The second-order valence-electron chi connectivity index (χ2n) is 4.57. The molecule has 1 aliphatic heterocycles. The summed E-state index contributed by atoms with van der Waals surface area (Å²) < 4.78 is 0. The number of nitrogen functional groups attached to an aromatic ring is 1. The van der Waals surface area contributed by atoms with Crippen LogP contribution in [0.15, 0.2) is 12.3 Å². The van der Waals surface area contributed by atoms with Crippen LogP contribution in [0.1, 0.15) is 22.5 Å². The van der Waals surface area contributed by atoms with Crippen LogP contribution in [0.3, 0.4) is 0 Å². The van der Waals surface area contributed by atoms with Crippen LogP contribution < -0.4 is 16.4 Å². The maximum absolute atomic E-state index is 12.2. The molecule has 0 aliphatic carbocycles. The molecule has 0 spiro atoms. The van der Waals surface area contributed by atoms with Crippen molar-refractivity contribution in [2.75, 3.05) is 5.73 Å². The molecule has 3 amide bonds. The zero-order valence-electron chi connectivity index (χ0n) is 10.8. The molecule has 8 nitrogen and oxygen atoms in total. The van der Waals surface area contributed by atoms with Crippen molar-refractivity contribution in [1.29, 1.82) is 0 Å². The number of nitrogens with two attached hydrogens (primary N) is 1. The van der Waals surface area contributed by atoms with Gasteiger partial charge in [0, 0.05) is 11.8 Å². The van der Waals surface area contributed by atoms with Crippen LogP contribution in [-0.4, -0.2) is 34.0 Å². The van der Waals surface area contributed by atoms with Gasteiger partial charge in [-0.3, -0.25) is 19.7 Å². The van der Waals surface area contributed by atoms with Gasteiger partial charge in [-0.2, -0.15) is 5.10 Å². The van der Waals surface area contributed by atoms with E-state index in [0.29, 0.717) is 15.9 Å². The molecule has 2 aromatic heterocycles. The van der Waals surface area contributed by atoms with E-state index in [-0.39, 0.29) is 23.6 Å². The molecule has 1 saturated heterocycles. The van der Waals surface area contributed by atoms with Crippen molar-refractivity contribution in [3.8, 4) is 0 Å². The molecular formula is C12H11N5O3S. The Bertz CT molecular complexity index is 756. The van der Waals surface area contributed by atoms with Gasteiger partial charge in [0.15, 0.2) is 0 Å². The van der Waals surface area contributed by atoms with Gasteiger partial charge in [0.2, 0.25) is 11.8 Å². The number of nitrogens with zero attached hydrogens (tertiary/aromatic N) is 2. The normalized spacial score (nSPS) is 18.6. The molecular weight excluding hydrogens is 294 g/mol. The summed E-state index contributed by atoms with van der Waals surface area (Å²) >= 11 is 1.11. The molecule has 0 aromatic carbocycles. The van der Waals surface area contributed by atoms with Crippen molar-refractivity contribution >= 4 is 45.0 Å². The summed E-state index contributed by atoms with van der Waals surface area (Å²) in [4.78, 5) is 35.8. The topological polar surface area (TPSA) is 127 Å². The lowest BCUT2D eigenvalue weighted by Gasteiger charge is -2.21. The van der Waals surface area contributed by atoms with Crippen LogP contribution >= 0.6 is 11.3 Å². The molecule has 2 aromatic rings. The fraction of sp³-hybridized carbons (Fsp3) is 0.250. The number of carbonyl (C=O) groups is 3. The van der Waals surface area contributed by atoms with E-state index in [9.17, 15) is 14.4 Å². The number of hydrogen-bond donors (Lipinski definition) is 3. The summed E-state index contributed by atoms with van der Waals surface area (Å²) in [5, 5.41) is 13.1. The van der Waals surface area contributed by atoms with Crippen molar-refractivity contribution in [3.63, 3.8) is 0 Å². The summed E-state index contributed by atoms with van der Waals surface area (Å²) in [7, 11) is 0. The van der Waals surface area contributed by atoms with Gasteiger partial charge in [-0.15, -0.1) is 16.4 Å². The highest BCUT2D eigenvalue weighted by Gasteiger charge is 2.29. The van der Waals surface area contributed by atoms with E-state index >= 15 is 0 Å².